The van der Waals surface area contributed by atoms with Crippen LogP contribution in [0.2, 0.25) is 0 Å². The van der Waals surface area contributed by atoms with Crippen LogP contribution in [-0.2, 0) is 12.6 Å². The van der Waals surface area contributed by atoms with E-state index in [4.69, 9.17) is 10.4 Å². The average molecular weight is 270 g/mol. The normalized spacial score (nSPS) is 11.7. The van der Waals surface area contributed by atoms with E-state index in [1.165, 1.54) is 6.20 Å². The van der Waals surface area contributed by atoms with E-state index in [9.17, 15) is 13.2 Å². The number of alkyl halides is 3. The molecule has 0 fully saturated rings. The zero-order chi connectivity index (χ0) is 14.0. The Morgan fingerprint density at radius 2 is 2.16 bits per heavy atom. The Kier molecular flexibility index (Phi) is 3.40. The van der Waals surface area contributed by atoms with Crippen LogP contribution < -0.4 is 0 Å². The van der Waals surface area contributed by atoms with Gasteiger partial charge in [-0.05, 0) is 12.8 Å². The highest BCUT2D eigenvalue weighted by molar-refractivity contribution is 5.54. The second-order valence-electron chi connectivity index (χ2n) is 3.88. The van der Waals surface area contributed by atoms with Gasteiger partial charge in [-0.1, -0.05) is 0 Å². The molecule has 19 heavy (non-hydrogen) atoms. The lowest BCUT2D eigenvalue weighted by atomic mass is 10.1. The lowest BCUT2D eigenvalue weighted by Crippen LogP contribution is -2.14. The number of aryl methyl sites for hydroxylation is 1. The number of aliphatic hydroxyl groups excluding tert-OH is 1. The van der Waals surface area contributed by atoms with Crippen molar-refractivity contribution >= 4 is 5.65 Å². The minimum atomic E-state index is -4.61. The van der Waals surface area contributed by atoms with Gasteiger partial charge in [-0.3, -0.25) is 0 Å². The van der Waals surface area contributed by atoms with Crippen molar-refractivity contribution in [1.82, 2.24) is 14.6 Å². The van der Waals surface area contributed by atoms with Gasteiger partial charge >= 0.3 is 6.18 Å². The van der Waals surface area contributed by atoms with Crippen LogP contribution in [-0.4, -0.2) is 26.3 Å². The van der Waals surface area contributed by atoms with Gasteiger partial charge in [0.25, 0.3) is 0 Å². The summed E-state index contributed by atoms with van der Waals surface area (Å²) in [5.41, 5.74) is -1.23. The SMILES string of the molecule is N#Cc1cnn2cc(CCCO)c(C(F)(F)F)nc12. The molecule has 5 nitrogen and oxygen atoms in total. The molecular formula is C11H9F3N4O. The van der Waals surface area contributed by atoms with Crippen molar-refractivity contribution < 1.29 is 18.3 Å². The Morgan fingerprint density at radius 3 is 2.74 bits per heavy atom. The van der Waals surface area contributed by atoms with Gasteiger partial charge in [-0.15, -0.1) is 0 Å². The van der Waals surface area contributed by atoms with Crippen LogP contribution >= 0.6 is 0 Å². The third-order valence-electron chi connectivity index (χ3n) is 2.56. The van der Waals surface area contributed by atoms with E-state index in [0.29, 0.717) is 0 Å². The third kappa shape index (κ3) is 2.51. The van der Waals surface area contributed by atoms with Crippen LogP contribution in [0, 0.1) is 11.3 Å². The van der Waals surface area contributed by atoms with Gasteiger partial charge in [-0.2, -0.15) is 23.5 Å². The lowest BCUT2D eigenvalue weighted by Gasteiger charge is -2.11. The van der Waals surface area contributed by atoms with E-state index in [0.717, 1.165) is 10.7 Å². The van der Waals surface area contributed by atoms with Crippen LogP contribution in [0.3, 0.4) is 0 Å². The fraction of sp³-hybridized carbons (Fsp3) is 0.364. The van der Waals surface area contributed by atoms with Gasteiger partial charge in [-0.25, -0.2) is 9.50 Å². The zero-order valence-corrected chi connectivity index (χ0v) is 9.65. The van der Waals surface area contributed by atoms with Crippen molar-refractivity contribution in [3.8, 4) is 6.07 Å². The van der Waals surface area contributed by atoms with Crippen LogP contribution in [0.15, 0.2) is 12.4 Å². The van der Waals surface area contributed by atoms with Crippen LogP contribution in [0.25, 0.3) is 5.65 Å². The Hall–Kier alpha value is -2.14. The first-order valence-corrected chi connectivity index (χ1v) is 5.42. The van der Waals surface area contributed by atoms with Crippen molar-refractivity contribution in [3.05, 3.63) is 29.2 Å². The summed E-state index contributed by atoms with van der Waals surface area (Å²) in [5, 5.41) is 21.3. The predicted molar refractivity (Wildman–Crippen MR) is 58.1 cm³/mol. The molecule has 0 unspecified atom stereocenters. The van der Waals surface area contributed by atoms with Crippen LogP contribution in [0.5, 0.6) is 0 Å². The minimum absolute atomic E-state index is 0.0146. The number of hydrogen-bond acceptors (Lipinski definition) is 4. The Labute approximate surface area is 105 Å². The summed E-state index contributed by atoms with van der Waals surface area (Å²) < 4.78 is 39.9. The third-order valence-corrected chi connectivity index (χ3v) is 2.56. The molecule has 0 spiro atoms. The molecule has 0 saturated heterocycles. The number of aromatic nitrogens is 3. The summed E-state index contributed by atoms with van der Waals surface area (Å²) in [6, 6.07) is 1.74. The molecule has 0 atom stereocenters. The number of fused-ring (bicyclic) bond motifs is 1. The summed E-state index contributed by atoms with van der Waals surface area (Å²) in [6.07, 6.45) is -2.01. The first-order chi connectivity index (χ1) is 8.97. The smallest absolute Gasteiger partial charge is 0.396 e. The zero-order valence-electron chi connectivity index (χ0n) is 9.65. The van der Waals surface area contributed by atoms with Crippen LogP contribution in [0.4, 0.5) is 13.2 Å². The number of rotatable bonds is 3. The number of halogens is 3. The predicted octanol–water partition coefficient (Wildman–Crippen LogP) is 1.54. The van der Waals surface area contributed by atoms with Gasteiger partial charge in [0, 0.05) is 18.4 Å². The van der Waals surface area contributed by atoms with E-state index in [2.05, 4.69) is 10.1 Å². The number of aliphatic hydroxyl groups is 1. The molecule has 2 aromatic heterocycles. The van der Waals surface area contributed by atoms with Gasteiger partial charge in [0.05, 0.1) is 6.20 Å². The average Bonchev–Trinajstić information content (AvgIpc) is 2.76. The summed E-state index contributed by atoms with van der Waals surface area (Å²) in [5.74, 6) is 0. The Morgan fingerprint density at radius 1 is 1.42 bits per heavy atom. The molecule has 0 aromatic carbocycles. The number of nitriles is 1. The highest BCUT2D eigenvalue weighted by Gasteiger charge is 2.36. The Bertz CT molecular complexity index is 642. The molecule has 100 valence electrons. The highest BCUT2D eigenvalue weighted by atomic mass is 19.4. The molecule has 2 rings (SSSR count). The van der Waals surface area contributed by atoms with E-state index >= 15 is 0 Å². The summed E-state index contributed by atoms with van der Waals surface area (Å²) in [4.78, 5) is 3.50. The van der Waals surface area contributed by atoms with Gasteiger partial charge < -0.3 is 5.11 Å². The minimum Gasteiger partial charge on any atom is -0.396 e. The van der Waals surface area contributed by atoms with Crippen LogP contribution in [0.1, 0.15) is 23.2 Å². The van der Waals surface area contributed by atoms with Crippen molar-refractivity contribution in [2.24, 2.45) is 0 Å². The molecule has 2 heterocycles. The summed E-state index contributed by atoms with van der Waals surface area (Å²) >= 11 is 0. The van der Waals surface area contributed by atoms with E-state index < -0.39 is 11.9 Å². The molecule has 1 N–H and O–H groups in total. The van der Waals surface area contributed by atoms with E-state index in [1.54, 1.807) is 6.07 Å². The molecule has 2 aromatic rings. The first kappa shape index (κ1) is 13.3. The standard InChI is InChI=1S/C11H9F3N4O/c12-11(13,14)9-7(2-1-3-19)6-18-10(17-9)8(4-15)5-16-18/h5-6,19H,1-3H2. The van der Waals surface area contributed by atoms with E-state index in [-0.39, 0.29) is 36.2 Å². The molecule has 0 bridgehead atoms. The molecule has 0 aliphatic carbocycles. The second-order valence-corrected chi connectivity index (χ2v) is 3.88. The van der Waals surface area contributed by atoms with Crippen molar-refractivity contribution in [3.63, 3.8) is 0 Å². The monoisotopic (exact) mass is 270 g/mol. The van der Waals surface area contributed by atoms with Gasteiger partial charge in [0.15, 0.2) is 11.3 Å². The topological polar surface area (TPSA) is 74.2 Å². The maximum atomic E-state index is 12.9. The van der Waals surface area contributed by atoms with Crippen molar-refractivity contribution in [2.75, 3.05) is 6.61 Å². The fourth-order valence-electron chi connectivity index (χ4n) is 1.72. The molecule has 0 saturated carbocycles. The van der Waals surface area contributed by atoms with E-state index in [1.807, 2.05) is 0 Å². The maximum Gasteiger partial charge on any atom is 0.433 e. The second kappa shape index (κ2) is 4.85. The first-order valence-electron chi connectivity index (χ1n) is 5.42. The van der Waals surface area contributed by atoms with Gasteiger partial charge in [0.1, 0.15) is 11.6 Å². The number of hydrogen-bond donors (Lipinski definition) is 1. The fourth-order valence-corrected chi connectivity index (χ4v) is 1.72. The molecule has 0 aliphatic rings. The molecule has 8 heteroatoms. The summed E-state index contributed by atoms with van der Waals surface area (Å²) in [7, 11) is 0. The van der Waals surface area contributed by atoms with Crippen molar-refractivity contribution in [2.45, 2.75) is 19.0 Å². The van der Waals surface area contributed by atoms with Crippen molar-refractivity contribution in [1.29, 1.82) is 5.26 Å². The van der Waals surface area contributed by atoms with Gasteiger partial charge in [0.2, 0.25) is 0 Å². The maximum absolute atomic E-state index is 12.9. The number of nitrogens with zero attached hydrogens (tertiary/aromatic N) is 4. The molecule has 0 aliphatic heterocycles. The molecule has 0 amide bonds. The summed E-state index contributed by atoms with van der Waals surface area (Å²) in [6.45, 7) is -0.210. The largest absolute Gasteiger partial charge is 0.433 e. The molecule has 0 radical (unpaired) electrons. The molecular weight excluding hydrogens is 261 g/mol. The Balaban J connectivity index is 2.62. The quantitative estimate of drug-likeness (QED) is 0.918. The lowest BCUT2D eigenvalue weighted by molar-refractivity contribution is -0.141. The highest BCUT2D eigenvalue weighted by Crippen LogP contribution is 2.31.